The summed E-state index contributed by atoms with van der Waals surface area (Å²) in [7, 11) is 1.38. The molecule has 158 valence electrons. The number of benzene rings is 1. The van der Waals surface area contributed by atoms with Crippen LogP contribution in [0.15, 0.2) is 35.3 Å². The molecule has 3 heterocycles. The number of nitrogens with zero attached hydrogens (tertiary/aromatic N) is 3. The number of nitrogens with two attached hydrogens (primary N) is 1. The molecule has 30 heavy (non-hydrogen) atoms. The minimum atomic E-state index is -4.56. The zero-order valence-electron chi connectivity index (χ0n) is 16.4. The van der Waals surface area contributed by atoms with Crippen molar-refractivity contribution in [3.05, 3.63) is 48.0 Å². The third-order valence-corrected chi connectivity index (χ3v) is 5.20. The number of hydrogen-bond acceptors (Lipinski definition) is 6. The topological polar surface area (TPSA) is 77.4 Å². The highest BCUT2D eigenvalue weighted by Gasteiger charge is 2.33. The van der Waals surface area contributed by atoms with Gasteiger partial charge < -0.3 is 19.8 Å². The van der Waals surface area contributed by atoms with E-state index in [2.05, 4.69) is 21.4 Å². The van der Waals surface area contributed by atoms with Gasteiger partial charge in [0.05, 0.1) is 19.4 Å². The van der Waals surface area contributed by atoms with Gasteiger partial charge in [0.1, 0.15) is 28.4 Å². The van der Waals surface area contributed by atoms with Gasteiger partial charge in [0.15, 0.2) is 0 Å². The number of fused-ring (bicyclic) bond motifs is 1. The Morgan fingerprint density at radius 2 is 1.93 bits per heavy atom. The molecule has 4 rings (SSSR count). The zero-order valence-corrected chi connectivity index (χ0v) is 16.4. The second kappa shape index (κ2) is 7.64. The van der Waals surface area contributed by atoms with Gasteiger partial charge >= 0.3 is 6.18 Å². The number of likely N-dealkylation sites (tertiary alicyclic amines) is 1. The number of pyridine rings is 1. The number of oxazole rings is 1. The van der Waals surface area contributed by atoms with E-state index in [1.54, 1.807) is 12.1 Å². The van der Waals surface area contributed by atoms with E-state index in [0.717, 1.165) is 37.7 Å². The van der Waals surface area contributed by atoms with Crippen LogP contribution in [0.2, 0.25) is 0 Å². The van der Waals surface area contributed by atoms with Gasteiger partial charge in [0, 0.05) is 24.0 Å². The monoisotopic (exact) mass is 418 g/mol. The van der Waals surface area contributed by atoms with E-state index < -0.39 is 11.9 Å². The lowest BCUT2D eigenvalue weighted by atomic mass is 10.1. The zero-order chi connectivity index (χ0) is 21.5. The van der Waals surface area contributed by atoms with Crippen LogP contribution < -0.4 is 10.5 Å². The predicted molar refractivity (Wildman–Crippen MR) is 107 cm³/mol. The van der Waals surface area contributed by atoms with Crippen LogP contribution in [0.4, 0.5) is 13.2 Å². The van der Waals surface area contributed by atoms with Gasteiger partial charge in [-0.25, -0.2) is 9.97 Å². The summed E-state index contributed by atoms with van der Waals surface area (Å²) < 4.78 is 50.6. The second-order valence-electron chi connectivity index (χ2n) is 7.04. The van der Waals surface area contributed by atoms with Gasteiger partial charge in [0.25, 0.3) is 0 Å². The summed E-state index contributed by atoms with van der Waals surface area (Å²) in [5.41, 5.74) is 6.74. The normalized spacial score (nSPS) is 14.5. The average Bonchev–Trinajstić information content (AvgIpc) is 3.41. The number of methoxy groups -OCH3 is 1. The number of alkyl halides is 3. The Morgan fingerprint density at radius 3 is 2.57 bits per heavy atom. The summed E-state index contributed by atoms with van der Waals surface area (Å²) in [6.07, 6.45) is -2.40. The molecule has 0 saturated carbocycles. The highest BCUT2D eigenvalue weighted by Crippen LogP contribution is 2.37. The quantitative estimate of drug-likeness (QED) is 0.660. The summed E-state index contributed by atoms with van der Waals surface area (Å²) in [6, 6.07) is 5.52. The molecule has 6 nitrogen and oxygen atoms in total. The maximum atomic E-state index is 13.2. The van der Waals surface area contributed by atoms with Gasteiger partial charge in [-0.2, -0.15) is 13.2 Å². The number of rotatable bonds is 5. The van der Waals surface area contributed by atoms with E-state index >= 15 is 0 Å². The Hall–Kier alpha value is -3.07. The highest BCUT2D eigenvalue weighted by atomic mass is 19.4. The first-order valence-electron chi connectivity index (χ1n) is 9.52. The van der Waals surface area contributed by atoms with Gasteiger partial charge in [0.2, 0.25) is 5.89 Å². The molecule has 0 spiro atoms. The first-order chi connectivity index (χ1) is 14.3. The summed E-state index contributed by atoms with van der Waals surface area (Å²) in [5, 5.41) is 0.436. The smallest absolute Gasteiger partial charge is 0.433 e. The molecular weight excluding hydrogens is 397 g/mol. The van der Waals surface area contributed by atoms with Crippen LogP contribution in [0, 0.1) is 0 Å². The molecule has 0 amide bonds. The Balaban J connectivity index is 1.84. The number of aromatic nitrogens is 2. The fourth-order valence-corrected chi connectivity index (χ4v) is 3.67. The number of ether oxygens (including phenoxy) is 1. The molecule has 0 radical (unpaired) electrons. The number of halogens is 3. The van der Waals surface area contributed by atoms with Crippen LogP contribution in [-0.2, 0) is 12.7 Å². The van der Waals surface area contributed by atoms with Gasteiger partial charge in [-0.1, -0.05) is 6.58 Å². The van der Waals surface area contributed by atoms with Crippen molar-refractivity contribution < 1.29 is 22.3 Å². The largest absolute Gasteiger partial charge is 0.494 e. The minimum Gasteiger partial charge on any atom is -0.494 e. The maximum Gasteiger partial charge on any atom is 0.433 e. The van der Waals surface area contributed by atoms with E-state index in [0.29, 0.717) is 22.4 Å². The summed E-state index contributed by atoms with van der Waals surface area (Å²) >= 11 is 0. The third kappa shape index (κ3) is 3.49. The lowest BCUT2D eigenvalue weighted by molar-refractivity contribution is -0.140. The first-order valence-corrected chi connectivity index (χ1v) is 9.52. The van der Waals surface area contributed by atoms with Crippen LogP contribution in [0.5, 0.6) is 5.75 Å². The van der Waals surface area contributed by atoms with Crippen molar-refractivity contribution in [1.29, 1.82) is 0 Å². The van der Waals surface area contributed by atoms with E-state index in [1.807, 2.05) is 0 Å². The van der Waals surface area contributed by atoms with Gasteiger partial charge in [-0.15, -0.1) is 0 Å². The summed E-state index contributed by atoms with van der Waals surface area (Å²) in [5.74, 6) is 0.956. The Kier molecular flexibility index (Phi) is 5.15. The van der Waals surface area contributed by atoms with Gasteiger partial charge in [-0.3, -0.25) is 0 Å². The van der Waals surface area contributed by atoms with Crippen molar-refractivity contribution in [2.75, 3.05) is 20.2 Å². The van der Waals surface area contributed by atoms with E-state index in [9.17, 15) is 13.2 Å². The second-order valence-corrected chi connectivity index (χ2v) is 7.04. The molecule has 1 aromatic carbocycles. The Morgan fingerprint density at radius 1 is 1.20 bits per heavy atom. The van der Waals surface area contributed by atoms with Crippen molar-refractivity contribution in [2.45, 2.75) is 25.6 Å². The SMILES string of the molecule is C=C(c1nc(-c2ccc(OC)c3nc(C(F)(F)F)ccc23)oc1CN)N1CCCC1. The van der Waals surface area contributed by atoms with Crippen LogP contribution in [-0.4, -0.2) is 35.1 Å². The van der Waals surface area contributed by atoms with E-state index in [4.69, 9.17) is 14.9 Å². The van der Waals surface area contributed by atoms with Crippen LogP contribution in [0.1, 0.15) is 30.0 Å². The molecule has 3 aromatic rings. The fourth-order valence-electron chi connectivity index (χ4n) is 3.67. The molecule has 0 unspecified atom stereocenters. The Labute approximate surface area is 171 Å². The van der Waals surface area contributed by atoms with Crippen molar-refractivity contribution in [3.8, 4) is 17.2 Å². The third-order valence-electron chi connectivity index (χ3n) is 5.20. The molecular formula is C21H21F3N4O2. The summed E-state index contributed by atoms with van der Waals surface area (Å²) in [4.78, 5) is 10.5. The molecule has 9 heteroatoms. The lowest BCUT2D eigenvalue weighted by Gasteiger charge is -2.18. The maximum absolute atomic E-state index is 13.2. The lowest BCUT2D eigenvalue weighted by Crippen LogP contribution is -2.18. The molecule has 1 aliphatic heterocycles. The highest BCUT2D eigenvalue weighted by molar-refractivity contribution is 5.96. The van der Waals surface area contributed by atoms with Crippen molar-refractivity contribution in [2.24, 2.45) is 5.73 Å². The van der Waals surface area contributed by atoms with Crippen molar-refractivity contribution >= 4 is 16.6 Å². The molecule has 0 bridgehead atoms. The van der Waals surface area contributed by atoms with Crippen LogP contribution in [0.3, 0.4) is 0 Å². The average molecular weight is 418 g/mol. The summed E-state index contributed by atoms with van der Waals surface area (Å²) in [6.45, 7) is 6.05. The predicted octanol–water partition coefficient (Wildman–Crippen LogP) is 4.44. The number of hydrogen-bond donors (Lipinski definition) is 1. The Bertz CT molecular complexity index is 1100. The fraction of sp³-hybridized carbons (Fsp3) is 0.333. The molecule has 2 N–H and O–H groups in total. The molecule has 1 saturated heterocycles. The van der Waals surface area contributed by atoms with E-state index in [-0.39, 0.29) is 23.7 Å². The molecule has 0 aliphatic carbocycles. The van der Waals surface area contributed by atoms with E-state index in [1.165, 1.54) is 13.2 Å². The molecule has 0 atom stereocenters. The van der Waals surface area contributed by atoms with Crippen LogP contribution >= 0.6 is 0 Å². The molecule has 1 fully saturated rings. The minimum absolute atomic E-state index is 0.0808. The van der Waals surface area contributed by atoms with Crippen molar-refractivity contribution in [3.63, 3.8) is 0 Å². The van der Waals surface area contributed by atoms with Crippen molar-refractivity contribution in [1.82, 2.24) is 14.9 Å². The standard InChI is InChI=1S/C21H21F3N4O2/c1-12(28-9-3-4-10-28)18-16(11-25)30-20(27-18)14-5-7-15(29-2)19-13(14)6-8-17(26-19)21(22,23)24/h5-8H,1,3-4,9-11,25H2,2H3. The van der Waals surface area contributed by atoms with Gasteiger partial charge in [-0.05, 0) is 37.1 Å². The first kappa shape index (κ1) is 20.2. The molecule has 1 aliphatic rings. The van der Waals surface area contributed by atoms with Crippen LogP contribution in [0.25, 0.3) is 28.1 Å². The molecule has 2 aromatic heterocycles.